The summed E-state index contributed by atoms with van der Waals surface area (Å²) in [5, 5.41) is 2.85. The summed E-state index contributed by atoms with van der Waals surface area (Å²) >= 11 is 0. The van der Waals surface area contributed by atoms with Gasteiger partial charge >= 0.3 is 0 Å². The molecule has 0 bridgehead atoms. The molecule has 0 spiro atoms. The summed E-state index contributed by atoms with van der Waals surface area (Å²) in [4.78, 5) is 0. The van der Waals surface area contributed by atoms with Crippen molar-refractivity contribution in [2.45, 2.75) is 0 Å². The van der Waals surface area contributed by atoms with Crippen molar-refractivity contribution in [2.24, 2.45) is 0 Å². The average Bonchev–Trinajstić information content (AvgIpc) is 2.17. The van der Waals surface area contributed by atoms with E-state index in [0.29, 0.717) is 11.4 Å². The summed E-state index contributed by atoms with van der Waals surface area (Å²) in [6.45, 7) is 0. The minimum Gasteiger partial charge on any atom is -0.355 e. The second-order valence-electron chi connectivity index (χ2n) is 3.06. The van der Waals surface area contributed by atoms with E-state index in [4.69, 9.17) is 0 Å². The molecule has 0 aliphatic rings. The molecule has 0 aliphatic heterocycles. The van der Waals surface area contributed by atoms with Crippen LogP contribution in [0, 0.1) is 17.7 Å². The maximum atomic E-state index is 12.8. The number of rotatable bonds is 2. The zero-order valence-electron chi connectivity index (χ0n) is 7.80. The summed E-state index contributed by atoms with van der Waals surface area (Å²) in [6.07, 6.45) is 0. The lowest BCUT2D eigenvalue weighted by atomic mass is 10.2. The highest BCUT2D eigenvalue weighted by molar-refractivity contribution is 5.58. The molecular weight excluding hydrogens is 196 g/mol. The molecule has 1 N–H and O–H groups in total. The topological polar surface area (TPSA) is 12.0 Å². The van der Waals surface area contributed by atoms with Gasteiger partial charge in [0.25, 0.3) is 0 Å². The monoisotopic (exact) mass is 204 g/mol. The first-order chi connectivity index (χ1) is 7.24. The van der Waals surface area contributed by atoms with E-state index in [0.717, 1.165) is 0 Å². The Morgan fingerprint density at radius 2 is 1.80 bits per heavy atom. The van der Waals surface area contributed by atoms with Gasteiger partial charge in [-0.15, -0.1) is 0 Å². The Morgan fingerprint density at radius 1 is 1.00 bits per heavy atom. The molecule has 0 saturated carbocycles. The first-order valence-electron chi connectivity index (χ1n) is 4.44. The lowest BCUT2D eigenvalue weighted by molar-refractivity contribution is 0.628. The molecule has 2 rings (SSSR count). The minimum atomic E-state index is -0.354. The van der Waals surface area contributed by atoms with Gasteiger partial charge in [-0.1, -0.05) is 6.07 Å². The predicted octanol–water partition coefficient (Wildman–Crippen LogP) is 3.51. The van der Waals surface area contributed by atoms with E-state index in [2.05, 4.69) is 11.4 Å². The van der Waals surface area contributed by atoms with E-state index >= 15 is 0 Å². The van der Waals surface area contributed by atoms with Gasteiger partial charge in [-0.05, 0) is 36.4 Å². The van der Waals surface area contributed by atoms with Crippen molar-refractivity contribution < 1.29 is 8.78 Å². The van der Waals surface area contributed by atoms with Crippen LogP contribution in [-0.4, -0.2) is 0 Å². The lowest BCUT2D eigenvalue weighted by Crippen LogP contribution is -1.91. The number of halogens is 2. The first kappa shape index (κ1) is 9.65. The Morgan fingerprint density at radius 3 is 2.53 bits per heavy atom. The Kier molecular flexibility index (Phi) is 2.63. The zero-order valence-corrected chi connectivity index (χ0v) is 7.80. The zero-order chi connectivity index (χ0) is 10.7. The molecular formula is C12H8F2N. The second-order valence-corrected chi connectivity index (χ2v) is 3.06. The van der Waals surface area contributed by atoms with Crippen molar-refractivity contribution in [3.8, 4) is 0 Å². The molecule has 2 aromatic rings. The number of nitrogens with one attached hydrogen (secondary N) is 1. The quantitative estimate of drug-likeness (QED) is 0.789. The molecule has 0 atom stereocenters. The Labute approximate surface area is 86.4 Å². The van der Waals surface area contributed by atoms with Gasteiger partial charge in [-0.3, -0.25) is 0 Å². The van der Waals surface area contributed by atoms with Gasteiger partial charge in [0.15, 0.2) is 0 Å². The van der Waals surface area contributed by atoms with Crippen LogP contribution in [-0.2, 0) is 0 Å². The number of benzene rings is 2. The van der Waals surface area contributed by atoms with Crippen LogP contribution in [0.15, 0.2) is 42.5 Å². The van der Waals surface area contributed by atoms with Crippen LogP contribution < -0.4 is 5.32 Å². The third-order valence-electron chi connectivity index (χ3n) is 1.87. The van der Waals surface area contributed by atoms with Gasteiger partial charge in [0, 0.05) is 17.4 Å². The molecule has 0 aliphatic carbocycles. The fraction of sp³-hybridized carbons (Fsp3) is 0. The van der Waals surface area contributed by atoms with Crippen molar-refractivity contribution in [3.05, 3.63) is 60.2 Å². The van der Waals surface area contributed by atoms with E-state index in [1.807, 2.05) is 0 Å². The Balaban J connectivity index is 2.22. The average molecular weight is 204 g/mol. The summed E-state index contributed by atoms with van der Waals surface area (Å²) in [5.41, 5.74) is 1.04. The lowest BCUT2D eigenvalue weighted by Gasteiger charge is -2.05. The largest absolute Gasteiger partial charge is 0.355 e. The van der Waals surface area contributed by atoms with Gasteiger partial charge in [0.05, 0.1) is 0 Å². The minimum absolute atomic E-state index is 0.337. The van der Waals surface area contributed by atoms with Crippen molar-refractivity contribution in [3.63, 3.8) is 0 Å². The van der Waals surface area contributed by atoms with Crippen LogP contribution in [0.1, 0.15) is 0 Å². The van der Waals surface area contributed by atoms with Crippen LogP contribution in [0.3, 0.4) is 0 Å². The summed E-state index contributed by atoms with van der Waals surface area (Å²) in [5.74, 6) is -0.691. The number of hydrogen-bond donors (Lipinski definition) is 1. The van der Waals surface area contributed by atoms with Gasteiger partial charge in [0.2, 0.25) is 0 Å². The van der Waals surface area contributed by atoms with Gasteiger partial charge in [-0.25, -0.2) is 8.78 Å². The maximum Gasteiger partial charge on any atom is 0.125 e. The fourth-order valence-corrected chi connectivity index (χ4v) is 1.23. The molecule has 3 heteroatoms. The van der Waals surface area contributed by atoms with E-state index in [1.165, 1.54) is 30.3 Å². The Hall–Kier alpha value is -1.90. The molecule has 1 radical (unpaired) electrons. The highest BCUT2D eigenvalue weighted by Crippen LogP contribution is 2.17. The van der Waals surface area contributed by atoms with Crippen LogP contribution in [0.4, 0.5) is 20.2 Å². The Bertz CT molecular complexity index is 425. The second kappa shape index (κ2) is 4.09. The predicted molar refractivity (Wildman–Crippen MR) is 54.9 cm³/mol. The highest BCUT2D eigenvalue weighted by Gasteiger charge is 1.97. The third-order valence-corrected chi connectivity index (χ3v) is 1.87. The molecule has 1 nitrogen and oxygen atoms in total. The fourth-order valence-electron chi connectivity index (χ4n) is 1.23. The molecule has 0 fully saturated rings. The van der Waals surface area contributed by atoms with Crippen molar-refractivity contribution in [2.75, 3.05) is 5.32 Å². The van der Waals surface area contributed by atoms with Crippen molar-refractivity contribution in [1.29, 1.82) is 0 Å². The standard InChI is InChI=1S/C12H8F2N/c13-9-3-1-5-11(7-9)15-12-6-2-4-10(14)8-12/h1-5,7-8,15H. The van der Waals surface area contributed by atoms with E-state index in [-0.39, 0.29) is 11.6 Å². The maximum absolute atomic E-state index is 12.8. The van der Waals surface area contributed by atoms with E-state index in [9.17, 15) is 8.78 Å². The van der Waals surface area contributed by atoms with Crippen LogP contribution in [0.5, 0.6) is 0 Å². The highest BCUT2D eigenvalue weighted by atomic mass is 19.1. The van der Waals surface area contributed by atoms with Crippen LogP contribution >= 0.6 is 0 Å². The van der Waals surface area contributed by atoms with Gasteiger partial charge in [0.1, 0.15) is 11.6 Å². The van der Waals surface area contributed by atoms with Gasteiger partial charge in [-0.2, -0.15) is 0 Å². The smallest absolute Gasteiger partial charge is 0.125 e. The normalized spacial score (nSPS) is 10.0. The number of hydrogen-bond acceptors (Lipinski definition) is 1. The van der Waals surface area contributed by atoms with Crippen molar-refractivity contribution in [1.82, 2.24) is 0 Å². The first-order valence-corrected chi connectivity index (χ1v) is 4.44. The molecule has 0 amide bonds. The molecule has 2 aromatic carbocycles. The third kappa shape index (κ3) is 2.53. The van der Waals surface area contributed by atoms with E-state index < -0.39 is 0 Å². The van der Waals surface area contributed by atoms with Gasteiger partial charge < -0.3 is 5.32 Å². The van der Waals surface area contributed by atoms with E-state index in [1.54, 1.807) is 12.1 Å². The molecule has 0 heterocycles. The van der Waals surface area contributed by atoms with Crippen LogP contribution in [0.25, 0.3) is 0 Å². The summed E-state index contributed by atoms with van der Waals surface area (Å²) < 4.78 is 25.6. The van der Waals surface area contributed by atoms with Crippen molar-refractivity contribution >= 4 is 11.4 Å². The molecule has 0 unspecified atom stereocenters. The molecule has 0 saturated heterocycles. The molecule has 0 aromatic heterocycles. The summed E-state index contributed by atoms with van der Waals surface area (Å²) in [7, 11) is 0. The molecule has 75 valence electrons. The molecule has 15 heavy (non-hydrogen) atoms. The SMILES string of the molecule is Fc1cc[c]c(Nc2cccc(F)c2)c1. The number of anilines is 2. The summed E-state index contributed by atoms with van der Waals surface area (Å²) in [6, 6.07) is 12.8. The van der Waals surface area contributed by atoms with Crippen LogP contribution in [0.2, 0.25) is 0 Å².